The van der Waals surface area contributed by atoms with Gasteiger partial charge in [0.2, 0.25) is 0 Å². The Labute approximate surface area is 163 Å². The van der Waals surface area contributed by atoms with Gasteiger partial charge in [0, 0.05) is 36.3 Å². The molecule has 2 aliphatic heterocycles. The molecule has 1 amide bonds. The Balaban J connectivity index is 1.53. The van der Waals surface area contributed by atoms with E-state index in [1.165, 1.54) is 12.8 Å². The Morgan fingerprint density at radius 3 is 3.04 bits per heavy atom. The van der Waals surface area contributed by atoms with Crippen LogP contribution in [0.1, 0.15) is 52.7 Å². The van der Waals surface area contributed by atoms with Crippen molar-refractivity contribution in [3.05, 3.63) is 52.1 Å². The number of hydrogen-bond donors (Lipinski definition) is 1. The Hall–Kier alpha value is -2.18. The highest BCUT2D eigenvalue weighted by Gasteiger charge is 2.26. The van der Waals surface area contributed by atoms with Gasteiger partial charge in [0.15, 0.2) is 0 Å². The molecule has 6 nitrogen and oxygen atoms in total. The fourth-order valence-corrected chi connectivity index (χ4v) is 3.93. The summed E-state index contributed by atoms with van der Waals surface area (Å²) in [5, 5.41) is 4.01. The van der Waals surface area contributed by atoms with Crippen LogP contribution in [0.5, 0.6) is 5.75 Å². The topological polar surface area (TPSA) is 67.3 Å². The van der Waals surface area contributed by atoms with Crippen molar-refractivity contribution in [2.45, 2.75) is 38.3 Å². The lowest BCUT2D eigenvalue weighted by molar-refractivity contribution is 0.0729. The summed E-state index contributed by atoms with van der Waals surface area (Å²) in [7, 11) is 1.56. The van der Waals surface area contributed by atoms with Crippen molar-refractivity contribution in [2.75, 3.05) is 20.2 Å². The molecule has 4 rings (SSSR count). The third kappa shape index (κ3) is 3.77. The molecule has 1 aromatic heterocycles. The number of ether oxygens (including phenoxy) is 1. The standard InChI is InChI=1S/C20H23ClN4O2/c1-27-18-6-5-14(21)10-15(18)20(26)25-9-7-16-13(12-25)11-23-19(24-16)17-4-2-3-8-22-17/h5-6,10-11,17,22H,2-4,7-9,12H2,1H3/t17-/m0/s1. The number of halogens is 1. The van der Waals surface area contributed by atoms with Crippen molar-refractivity contribution in [3.63, 3.8) is 0 Å². The second-order valence-electron chi connectivity index (χ2n) is 7.02. The van der Waals surface area contributed by atoms with Crippen LogP contribution >= 0.6 is 11.6 Å². The molecule has 1 fully saturated rings. The number of nitrogens with one attached hydrogen (secondary N) is 1. The monoisotopic (exact) mass is 386 g/mol. The number of piperidine rings is 1. The molecule has 2 aliphatic rings. The first-order chi connectivity index (χ1) is 13.2. The van der Waals surface area contributed by atoms with E-state index in [0.717, 1.165) is 36.5 Å². The minimum atomic E-state index is -0.0852. The van der Waals surface area contributed by atoms with Gasteiger partial charge < -0.3 is 15.0 Å². The highest BCUT2D eigenvalue weighted by molar-refractivity contribution is 6.31. The van der Waals surface area contributed by atoms with Gasteiger partial charge in [0.25, 0.3) is 5.91 Å². The van der Waals surface area contributed by atoms with Gasteiger partial charge in [-0.3, -0.25) is 4.79 Å². The molecule has 2 aromatic rings. The summed E-state index contributed by atoms with van der Waals surface area (Å²) >= 11 is 6.08. The second kappa shape index (κ2) is 7.82. The number of hydrogen-bond acceptors (Lipinski definition) is 5. The van der Waals surface area contributed by atoms with Gasteiger partial charge in [0.1, 0.15) is 11.6 Å². The number of benzene rings is 1. The molecular weight excluding hydrogens is 364 g/mol. The van der Waals surface area contributed by atoms with Gasteiger partial charge in [-0.15, -0.1) is 0 Å². The van der Waals surface area contributed by atoms with Gasteiger partial charge in [0.05, 0.1) is 24.4 Å². The van der Waals surface area contributed by atoms with Crippen molar-refractivity contribution in [2.24, 2.45) is 0 Å². The molecule has 0 bridgehead atoms. The molecule has 7 heteroatoms. The molecule has 0 saturated carbocycles. The van der Waals surface area contributed by atoms with Gasteiger partial charge >= 0.3 is 0 Å². The maximum Gasteiger partial charge on any atom is 0.257 e. The van der Waals surface area contributed by atoms with Crippen molar-refractivity contribution < 1.29 is 9.53 Å². The Morgan fingerprint density at radius 1 is 1.37 bits per heavy atom. The van der Waals surface area contributed by atoms with Gasteiger partial charge in [-0.1, -0.05) is 18.0 Å². The number of rotatable bonds is 3. The van der Waals surface area contributed by atoms with Crippen LogP contribution in [0, 0.1) is 0 Å². The summed E-state index contributed by atoms with van der Waals surface area (Å²) in [5.41, 5.74) is 2.54. The third-order valence-electron chi connectivity index (χ3n) is 5.25. The fourth-order valence-electron chi connectivity index (χ4n) is 3.76. The predicted molar refractivity (Wildman–Crippen MR) is 103 cm³/mol. The van der Waals surface area contributed by atoms with Crippen LogP contribution in [-0.2, 0) is 13.0 Å². The lowest BCUT2D eigenvalue weighted by Crippen LogP contribution is -2.37. The maximum atomic E-state index is 13.0. The number of nitrogens with zero attached hydrogens (tertiary/aromatic N) is 3. The quantitative estimate of drug-likeness (QED) is 0.877. The van der Waals surface area contributed by atoms with Crippen LogP contribution in [-0.4, -0.2) is 41.0 Å². The van der Waals surface area contributed by atoms with E-state index in [4.69, 9.17) is 21.3 Å². The van der Waals surface area contributed by atoms with Crippen molar-refractivity contribution in [1.29, 1.82) is 0 Å². The molecule has 0 spiro atoms. The minimum Gasteiger partial charge on any atom is -0.496 e. The van der Waals surface area contributed by atoms with Crippen LogP contribution in [0.25, 0.3) is 0 Å². The zero-order valence-corrected chi connectivity index (χ0v) is 16.1. The second-order valence-corrected chi connectivity index (χ2v) is 7.46. The molecule has 142 valence electrons. The first-order valence-electron chi connectivity index (χ1n) is 9.36. The Morgan fingerprint density at radius 2 is 2.26 bits per heavy atom. The van der Waals surface area contributed by atoms with Crippen molar-refractivity contribution in [3.8, 4) is 5.75 Å². The van der Waals surface area contributed by atoms with E-state index in [0.29, 0.717) is 29.4 Å². The van der Waals surface area contributed by atoms with E-state index in [2.05, 4.69) is 10.3 Å². The average Bonchev–Trinajstić information content (AvgIpc) is 2.73. The normalized spacial score (nSPS) is 19.5. The summed E-state index contributed by atoms with van der Waals surface area (Å²) in [6, 6.07) is 5.35. The maximum absolute atomic E-state index is 13.0. The lowest BCUT2D eigenvalue weighted by atomic mass is 10.0. The molecule has 0 aliphatic carbocycles. The summed E-state index contributed by atoms with van der Waals surface area (Å²) in [6.45, 7) is 2.15. The molecule has 1 aromatic carbocycles. The third-order valence-corrected chi connectivity index (χ3v) is 5.49. The number of aromatic nitrogens is 2. The fraction of sp³-hybridized carbons (Fsp3) is 0.450. The molecular formula is C20H23ClN4O2. The molecule has 0 unspecified atom stereocenters. The lowest BCUT2D eigenvalue weighted by Gasteiger charge is -2.29. The molecule has 1 saturated heterocycles. The summed E-state index contributed by atoms with van der Waals surface area (Å²) in [6.07, 6.45) is 6.11. The van der Waals surface area contributed by atoms with E-state index in [9.17, 15) is 4.79 Å². The number of carbonyl (C=O) groups excluding carboxylic acids is 1. The number of fused-ring (bicyclic) bond motifs is 1. The average molecular weight is 387 g/mol. The highest BCUT2D eigenvalue weighted by atomic mass is 35.5. The van der Waals surface area contributed by atoms with E-state index < -0.39 is 0 Å². The summed E-state index contributed by atoms with van der Waals surface area (Å²) in [4.78, 5) is 24.2. The van der Waals surface area contributed by atoms with E-state index in [-0.39, 0.29) is 11.9 Å². The number of methoxy groups -OCH3 is 1. The van der Waals surface area contributed by atoms with Crippen molar-refractivity contribution in [1.82, 2.24) is 20.2 Å². The van der Waals surface area contributed by atoms with Crippen LogP contribution in [0.3, 0.4) is 0 Å². The summed E-state index contributed by atoms with van der Waals surface area (Å²) in [5.74, 6) is 1.33. The highest BCUT2D eigenvalue weighted by Crippen LogP contribution is 2.27. The van der Waals surface area contributed by atoms with Gasteiger partial charge in [-0.25, -0.2) is 9.97 Å². The van der Waals surface area contributed by atoms with E-state index in [1.807, 2.05) is 6.20 Å². The van der Waals surface area contributed by atoms with Gasteiger partial charge in [-0.2, -0.15) is 0 Å². The molecule has 1 atom stereocenters. The van der Waals surface area contributed by atoms with Crippen molar-refractivity contribution >= 4 is 17.5 Å². The largest absolute Gasteiger partial charge is 0.496 e. The minimum absolute atomic E-state index is 0.0852. The molecule has 27 heavy (non-hydrogen) atoms. The van der Waals surface area contributed by atoms with Crippen LogP contribution in [0.4, 0.5) is 0 Å². The van der Waals surface area contributed by atoms with Crippen LogP contribution in [0.2, 0.25) is 5.02 Å². The zero-order valence-electron chi connectivity index (χ0n) is 15.4. The SMILES string of the molecule is COc1ccc(Cl)cc1C(=O)N1CCc2nc([C@@H]3CCCCN3)ncc2C1. The smallest absolute Gasteiger partial charge is 0.257 e. The Bertz CT molecular complexity index is 852. The molecule has 1 N–H and O–H groups in total. The van der Waals surface area contributed by atoms with Gasteiger partial charge in [-0.05, 0) is 37.6 Å². The summed E-state index contributed by atoms with van der Waals surface area (Å²) < 4.78 is 5.33. The van der Waals surface area contributed by atoms with E-state index in [1.54, 1.807) is 30.2 Å². The molecule has 3 heterocycles. The number of amides is 1. The van der Waals surface area contributed by atoms with Crippen LogP contribution < -0.4 is 10.1 Å². The molecule has 0 radical (unpaired) electrons. The number of carbonyl (C=O) groups is 1. The first-order valence-corrected chi connectivity index (χ1v) is 9.74. The van der Waals surface area contributed by atoms with E-state index >= 15 is 0 Å². The predicted octanol–water partition coefficient (Wildman–Crippen LogP) is 3.15. The Kier molecular flexibility index (Phi) is 5.27. The zero-order chi connectivity index (χ0) is 18.8. The first kappa shape index (κ1) is 18.2. The van der Waals surface area contributed by atoms with Crippen LogP contribution in [0.15, 0.2) is 24.4 Å².